The topological polar surface area (TPSA) is 112 Å². The molecular weight excluding hydrogens is 454 g/mol. The number of sulfonamides is 1. The fourth-order valence-electron chi connectivity index (χ4n) is 5.61. The Hall–Kier alpha value is -3.61. The number of fused-ring (bicyclic) bond motifs is 3. The molecule has 0 spiro atoms. The van der Waals surface area contributed by atoms with Crippen molar-refractivity contribution in [3.05, 3.63) is 111 Å². The second-order valence-electron chi connectivity index (χ2n) is 9.60. The fraction of sp³-hybridized carbons (Fsp3) is 0.172. The van der Waals surface area contributed by atoms with Crippen molar-refractivity contribution in [1.82, 2.24) is 0 Å². The lowest BCUT2D eigenvalue weighted by molar-refractivity contribution is 0.597. The number of aryl methyl sites for hydroxylation is 4. The first-order valence-electron chi connectivity index (χ1n) is 11.5. The SMILES string of the molecule is Cc1cc(C2(c3cc(C)c(N)c(C)c3)c3ccccc3-c3ccc(S(N)(=O)=O)cc32)cc(C)c1N. The van der Waals surface area contributed by atoms with Gasteiger partial charge in [0.15, 0.2) is 0 Å². The third-order valence-electron chi connectivity index (χ3n) is 7.40. The quantitative estimate of drug-likeness (QED) is 0.310. The van der Waals surface area contributed by atoms with Crippen LogP contribution in [0.5, 0.6) is 0 Å². The molecule has 6 N–H and O–H groups in total. The van der Waals surface area contributed by atoms with Gasteiger partial charge in [0.1, 0.15) is 0 Å². The molecule has 0 aromatic heterocycles. The lowest BCUT2D eigenvalue weighted by Gasteiger charge is -2.35. The molecule has 4 aromatic rings. The second kappa shape index (κ2) is 7.70. The van der Waals surface area contributed by atoms with Crippen LogP contribution < -0.4 is 16.6 Å². The van der Waals surface area contributed by atoms with Gasteiger partial charge in [0.2, 0.25) is 10.0 Å². The van der Waals surface area contributed by atoms with Crippen molar-refractivity contribution in [1.29, 1.82) is 0 Å². The fourth-order valence-corrected chi connectivity index (χ4v) is 6.15. The number of anilines is 2. The minimum atomic E-state index is -3.91. The zero-order valence-corrected chi connectivity index (χ0v) is 21.1. The predicted octanol–water partition coefficient (Wildman–Crippen LogP) is 5.10. The number of rotatable bonds is 3. The zero-order valence-electron chi connectivity index (χ0n) is 20.3. The largest absolute Gasteiger partial charge is 0.398 e. The molecular formula is C29H29N3O2S. The predicted molar refractivity (Wildman–Crippen MR) is 143 cm³/mol. The average molecular weight is 484 g/mol. The summed E-state index contributed by atoms with van der Waals surface area (Å²) in [6.45, 7) is 8.01. The third-order valence-corrected chi connectivity index (χ3v) is 8.31. The average Bonchev–Trinajstić information content (AvgIpc) is 3.10. The lowest BCUT2D eigenvalue weighted by Crippen LogP contribution is -2.30. The Morgan fingerprint density at radius 1 is 0.629 bits per heavy atom. The highest BCUT2D eigenvalue weighted by Crippen LogP contribution is 2.57. The van der Waals surface area contributed by atoms with Crippen molar-refractivity contribution in [2.75, 3.05) is 11.5 Å². The molecule has 0 heterocycles. The molecule has 0 aliphatic heterocycles. The molecule has 5 rings (SSSR count). The van der Waals surface area contributed by atoms with E-state index in [-0.39, 0.29) is 4.90 Å². The first-order valence-corrected chi connectivity index (χ1v) is 13.0. The number of hydrogen-bond acceptors (Lipinski definition) is 4. The maximum atomic E-state index is 12.4. The van der Waals surface area contributed by atoms with Crippen molar-refractivity contribution in [3.8, 4) is 11.1 Å². The first-order chi connectivity index (χ1) is 16.5. The van der Waals surface area contributed by atoms with Crippen LogP contribution in [0.15, 0.2) is 71.6 Å². The second-order valence-corrected chi connectivity index (χ2v) is 11.2. The molecule has 6 heteroatoms. The van der Waals surface area contributed by atoms with Crippen LogP contribution in [-0.2, 0) is 15.4 Å². The van der Waals surface area contributed by atoms with Crippen LogP contribution >= 0.6 is 0 Å². The van der Waals surface area contributed by atoms with Gasteiger partial charge in [-0.25, -0.2) is 13.6 Å². The van der Waals surface area contributed by atoms with Crippen LogP contribution in [0.4, 0.5) is 11.4 Å². The number of nitrogen functional groups attached to an aromatic ring is 2. The Kier molecular flexibility index (Phi) is 5.09. The summed E-state index contributed by atoms with van der Waals surface area (Å²) >= 11 is 0. The van der Waals surface area contributed by atoms with Gasteiger partial charge in [-0.3, -0.25) is 0 Å². The molecule has 5 nitrogen and oxygen atoms in total. The van der Waals surface area contributed by atoms with Gasteiger partial charge in [0.25, 0.3) is 0 Å². The Labute approximate surface area is 206 Å². The van der Waals surface area contributed by atoms with Crippen molar-refractivity contribution >= 4 is 21.4 Å². The van der Waals surface area contributed by atoms with Gasteiger partial charge in [0.05, 0.1) is 10.3 Å². The van der Waals surface area contributed by atoms with Gasteiger partial charge in [-0.05, 0) is 95.5 Å². The van der Waals surface area contributed by atoms with E-state index in [4.69, 9.17) is 16.6 Å². The molecule has 1 aliphatic rings. The minimum Gasteiger partial charge on any atom is -0.398 e. The minimum absolute atomic E-state index is 0.0845. The van der Waals surface area contributed by atoms with E-state index in [1.807, 2.05) is 45.9 Å². The van der Waals surface area contributed by atoms with E-state index in [2.05, 4.69) is 36.4 Å². The highest BCUT2D eigenvalue weighted by molar-refractivity contribution is 7.89. The van der Waals surface area contributed by atoms with Crippen molar-refractivity contribution in [2.24, 2.45) is 5.14 Å². The smallest absolute Gasteiger partial charge is 0.238 e. The van der Waals surface area contributed by atoms with E-state index >= 15 is 0 Å². The van der Waals surface area contributed by atoms with Crippen LogP contribution in [0, 0.1) is 27.7 Å². The van der Waals surface area contributed by atoms with Crippen LogP contribution in [0.2, 0.25) is 0 Å². The Morgan fingerprint density at radius 3 is 1.57 bits per heavy atom. The van der Waals surface area contributed by atoms with Crippen molar-refractivity contribution in [3.63, 3.8) is 0 Å². The van der Waals surface area contributed by atoms with Crippen molar-refractivity contribution < 1.29 is 8.42 Å². The Balaban J connectivity index is 2.03. The molecule has 178 valence electrons. The summed E-state index contributed by atoms with van der Waals surface area (Å²) in [4.78, 5) is 0.0845. The third kappa shape index (κ3) is 3.28. The standard InChI is InChI=1S/C29H29N3O2S/c1-16-11-20(12-17(2)27(16)30)29(21-13-18(3)28(31)19(4)14-21)25-8-6-5-7-23(25)24-10-9-22(15-26(24)29)35(32,33)34/h5-15H,30-31H2,1-4H3,(H2,32,33,34). The monoisotopic (exact) mass is 483 g/mol. The van der Waals surface area contributed by atoms with E-state index in [0.29, 0.717) is 0 Å². The van der Waals surface area contributed by atoms with Crippen LogP contribution in [0.3, 0.4) is 0 Å². The molecule has 0 atom stereocenters. The molecule has 4 aromatic carbocycles. The molecule has 0 unspecified atom stereocenters. The van der Waals surface area contributed by atoms with E-state index in [0.717, 1.165) is 67.0 Å². The van der Waals surface area contributed by atoms with E-state index in [1.54, 1.807) is 12.1 Å². The molecule has 0 fully saturated rings. The summed E-state index contributed by atoms with van der Waals surface area (Å²) in [6.07, 6.45) is 0. The molecule has 1 aliphatic carbocycles. The van der Waals surface area contributed by atoms with Gasteiger partial charge in [-0.2, -0.15) is 0 Å². The Morgan fingerprint density at radius 2 is 1.09 bits per heavy atom. The summed E-state index contributed by atoms with van der Waals surface area (Å²) in [5.74, 6) is 0. The molecule has 0 saturated heterocycles. The van der Waals surface area contributed by atoms with Gasteiger partial charge in [-0.1, -0.05) is 54.6 Å². The lowest BCUT2D eigenvalue weighted by atomic mass is 9.66. The summed E-state index contributed by atoms with van der Waals surface area (Å²) in [5.41, 5.74) is 23.3. The molecule has 35 heavy (non-hydrogen) atoms. The number of nitrogens with two attached hydrogens (primary N) is 3. The summed E-state index contributed by atoms with van der Waals surface area (Å²) in [5, 5.41) is 5.60. The van der Waals surface area contributed by atoms with Crippen LogP contribution in [0.25, 0.3) is 11.1 Å². The summed E-state index contributed by atoms with van der Waals surface area (Å²) in [7, 11) is -3.91. The van der Waals surface area contributed by atoms with Crippen LogP contribution in [-0.4, -0.2) is 8.42 Å². The maximum Gasteiger partial charge on any atom is 0.238 e. The number of benzene rings is 4. The van der Waals surface area contributed by atoms with Crippen molar-refractivity contribution in [2.45, 2.75) is 38.0 Å². The molecule has 0 amide bonds. The van der Waals surface area contributed by atoms with Gasteiger partial charge >= 0.3 is 0 Å². The highest BCUT2D eigenvalue weighted by Gasteiger charge is 2.47. The first kappa shape index (κ1) is 23.1. The number of primary sulfonamides is 1. The van der Waals surface area contributed by atoms with E-state index in [1.165, 1.54) is 0 Å². The highest BCUT2D eigenvalue weighted by atomic mass is 32.2. The summed E-state index contributed by atoms with van der Waals surface area (Å²) in [6, 6.07) is 21.8. The van der Waals surface area contributed by atoms with Gasteiger partial charge in [0, 0.05) is 11.4 Å². The number of hydrogen-bond donors (Lipinski definition) is 3. The zero-order chi connectivity index (χ0) is 25.3. The van der Waals surface area contributed by atoms with Crippen LogP contribution in [0.1, 0.15) is 44.5 Å². The van der Waals surface area contributed by atoms with Gasteiger partial charge in [-0.15, -0.1) is 0 Å². The molecule has 0 radical (unpaired) electrons. The van der Waals surface area contributed by atoms with E-state index in [9.17, 15) is 8.42 Å². The van der Waals surface area contributed by atoms with E-state index < -0.39 is 15.4 Å². The maximum absolute atomic E-state index is 12.4. The molecule has 0 bridgehead atoms. The summed E-state index contributed by atoms with van der Waals surface area (Å²) < 4.78 is 24.9. The molecule has 0 saturated carbocycles. The Bertz CT molecular complexity index is 1530. The van der Waals surface area contributed by atoms with Gasteiger partial charge < -0.3 is 11.5 Å². The normalized spacial score (nSPS) is 14.0.